The van der Waals surface area contributed by atoms with Crippen molar-refractivity contribution in [2.75, 3.05) is 11.9 Å². The molecular formula is C16H21N3O2. The van der Waals surface area contributed by atoms with Crippen LogP contribution in [0.3, 0.4) is 0 Å². The second-order valence-corrected chi connectivity index (χ2v) is 4.98. The van der Waals surface area contributed by atoms with Crippen molar-refractivity contribution >= 4 is 5.82 Å². The number of rotatable bonds is 6. The van der Waals surface area contributed by atoms with Crippen LogP contribution in [0, 0.1) is 6.92 Å². The van der Waals surface area contributed by atoms with Crippen molar-refractivity contribution in [3.05, 3.63) is 52.1 Å². The largest absolute Gasteiger partial charge is 0.494 e. The molecule has 1 aromatic heterocycles. The van der Waals surface area contributed by atoms with Gasteiger partial charge in [0.05, 0.1) is 6.61 Å². The van der Waals surface area contributed by atoms with Crippen LogP contribution in [0.2, 0.25) is 0 Å². The minimum Gasteiger partial charge on any atom is -0.494 e. The molecule has 0 aliphatic heterocycles. The Kier molecular flexibility index (Phi) is 4.98. The van der Waals surface area contributed by atoms with Gasteiger partial charge < -0.3 is 14.6 Å². The first kappa shape index (κ1) is 15.1. The van der Waals surface area contributed by atoms with Crippen LogP contribution in [-0.2, 0) is 13.6 Å². The highest BCUT2D eigenvalue weighted by molar-refractivity contribution is 5.38. The highest BCUT2D eigenvalue weighted by Crippen LogP contribution is 2.18. The lowest BCUT2D eigenvalue weighted by Crippen LogP contribution is -2.21. The third-order valence-electron chi connectivity index (χ3n) is 3.25. The van der Waals surface area contributed by atoms with Crippen molar-refractivity contribution in [1.29, 1.82) is 0 Å². The van der Waals surface area contributed by atoms with E-state index in [0.29, 0.717) is 12.4 Å². The van der Waals surface area contributed by atoms with E-state index >= 15 is 0 Å². The molecule has 0 fully saturated rings. The maximum absolute atomic E-state index is 11.9. The summed E-state index contributed by atoms with van der Waals surface area (Å²) in [6.45, 7) is 5.40. The first-order valence-corrected chi connectivity index (χ1v) is 7.09. The lowest BCUT2D eigenvalue weighted by molar-refractivity contribution is 0.317. The summed E-state index contributed by atoms with van der Waals surface area (Å²) in [7, 11) is 1.71. The molecule has 0 saturated heterocycles. The van der Waals surface area contributed by atoms with Crippen LogP contribution >= 0.6 is 0 Å². The summed E-state index contributed by atoms with van der Waals surface area (Å²) in [4.78, 5) is 15.9. The molecule has 5 nitrogen and oxygen atoms in total. The van der Waals surface area contributed by atoms with Gasteiger partial charge in [-0.05, 0) is 36.6 Å². The number of nitrogens with zero attached hydrogens (tertiary/aromatic N) is 2. The van der Waals surface area contributed by atoms with E-state index in [1.54, 1.807) is 19.4 Å². The molecule has 1 aromatic carbocycles. The van der Waals surface area contributed by atoms with Crippen molar-refractivity contribution in [2.24, 2.45) is 7.05 Å². The standard InChI is InChI=1S/C16H21N3O2/c1-4-9-21-14-6-5-13(12(2)10-14)11-18-15-16(20)19(3)8-7-17-15/h5-8,10H,4,9,11H2,1-3H3,(H,17,18). The Morgan fingerprint density at radius 2 is 2.19 bits per heavy atom. The number of aromatic nitrogens is 2. The fourth-order valence-electron chi connectivity index (χ4n) is 1.97. The van der Waals surface area contributed by atoms with Crippen molar-refractivity contribution in [3.63, 3.8) is 0 Å². The Hall–Kier alpha value is -2.30. The summed E-state index contributed by atoms with van der Waals surface area (Å²) in [6, 6.07) is 5.99. The average molecular weight is 287 g/mol. The van der Waals surface area contributed by atoms with Crippen LogP contribution in [0.4, 0.5) is 5.82 Å². The van der Waals surface area contributed by atoms with Gasteiger partial charge in [0.25, 0.3) is 5.56 Å². The number of ether oxygens (including phenoxy) is 1. The van der Waals surface area contributed by atoms with Crippen LogP contribution in [0.5, 0.6) is 5.75 Å². The topological polar surface area (TPSA) is 56.1 Å². The second kappa shape index (κ2) is 6.92. The summed E-state index contributed by atoms with van der Waals surface area (Å²) in [5.74, 6) is 1.25. The van der Waals surface area contributed by atoms with Gasteiger partial charge in [0.2, 0.25) is 0 Å². The molecule has 2 rings (SSSR count). The number of benzene rings is 1. The number of aryl methyl sites for hydroxylation is 2. The Morgan fingerprint density at radius 3 is 2.90 bits per heavy atom. The molecule has 0 amide bonds. The third kappa shape index (κ3) is 3.84. The summed E-state index contributed by atoms with van der Waals surface area (Å²) >= 11 is 0. The number of hydrogen-bond acceptors (Lipinski definition) is 4. The van der Waals surface area contributed by atoms with Crippen molar-refractivity contribution < 1.29 is 4.74 Å². The van der Waals surface area contributed by atoms with Gasteiger partial charge in [0.1, 0.15) is 5.75 Å². The summed E-state index contributed by atoms with van der Waals surface area (Å²) in [5.41, 5.74) is 2.12. The quantitative estimate of drug-likeness (QED) is 0.887. The average Bonchev–Trinajstić information content (AvgIpc) is 2.48. The molecule has 1 heterocycles. The molecule has 0 aliphatic rings. The monoisotopic (exact) mass is 287 g/mol. The van der Waals surface area contributed by atoms with Gasteiger partial charge in [-0.3, -0.25) is 4.79 Å². The van der Waals surface area contributed by atoms with Gasteiger partial charge in [-0.1, -0.05) is 13.0 Å². The van der Waals surface area contributed by atoms with Crippen LogP contribution in [0.1, 0.15) is 24.5 Å². The fraction of sp³-hybridized carbons (Fsp3) is 0.375. The molecule has 0 saturated carbocycles. The molecule has 0 unspecified atom stereocenters. The van der Waals surface area contributed by atoms with Crippen molar-refractivity contribution in [1.82, 2.24) is 9.55 Å². The van der Waals surface area contributed by atoms with Crippen LogP contribution in [-0.4, -0.2) is 16.2 Å². The number of anilines is 1. The zero-order valence-corrected chi connectivity index (χ0v) is 12.7. The Bertz CT molecular complexity index is 665. The molecule has 0 aliphatic carbocycles. The fourth-order valence-corrected chi connectivity index (χ4v) is 1.97. The minimum atomic E-state index is -0.127. The molecular weight excluding hydrogens is 266 g/mol. The SMILES string of the molecule is CCCOc1ccc(CNc2nccn(C)c2=O)c(C)c1. The van der Waals surface area contributed by atoms with Gasteiger partial charge in [0, 0.05) is 26.0 Å². The van der Waals surface area contributed by atoms with Gasteiger partial charge in [-0.25, -0.2) is 4.98 Å². The highest BCUT2D eigenvalue weighted by atomic mass is 16.5. The summed E-state index contributed by atoms with van der Waals surface area (Å²) < 4.78 is 7.11. The lowest BCUT2D eigenvalue weighted by Gasteiger charge is -2.11. The minimum absolute atomic E-state index is 0.127. The molecule has 0 spiro atoms. The summed E-state index contributed by atoms with van der Waals surface area (Å²) in [6.07, 6.45) is 4.24. The lowest BCUT2D eigenvalue weighted by atomic mass is 10.1. The smallest absolute Gasteiger partial charge is 0.293 e. The predicted octanol–water partition coefficient (Wildman–Crippen LogP) is 2.49. The molecule has 0 atom stereocenters. The van der Waals surface area contributed by atoms with E-state index in [1.807, 2.05) is 25.1 Å². The normalized spacial score (nSPS) is 10.4. The maximum atomic E-state index is 11.9. The Morgan fingerprint density at radius 1 is 1.38 bits per heavy atom. The van der Waals surface area contributed by atoms with E-state index in [9.17, 15) is 4.79 Å². The van der Waals surface area contributed by atoms with Crippen LogP contribution < -0.4 is 15.6 Å². The first-order valence-electron chi connectivity index (χ1n) is 7.09. The Balaban J connectivity index is 2.06. The molecule has 21 heavy (non-hydrogen) atoms. The first-order chi connectivity index (χ1) is 10.1. The highest BCUT2D eigenvalue weighted by Gasteiger charge is 2.05. The zero-order valence-electron chi connectivity index (χ0n) is 12.7. The van der Waals surface area contributed by atoms with Crippen molar-refractivity contribution in [3.8, 4) is 5.75 Å². The van der Waals surface area contributed by atoms with Gasteiger partial charge in [0.15, 0.2) is 5.82 Å². The van der Waals surface area contributed by atoms with E-state index in [-0.39, 0.29) is 5.56 Å². The molecule has 112 valence electrons. The third-order valence-corrected chi connectivity index (χ3v) is 3.25. The molecule has 2 aromatic rings. The van der Waals surface area contributed by atoms with E-state index in [2.05, 4.69) is 17.2 Å². The van der Waals surface area contributed by atoms with E-state index in [1.165, 1.54) is 4.57 Å². The van der Waals surface area contributed by atoms with Gasteiger partial charge in [-0.15, -0.1) is 0 Å². The molecule has 0 bridgehead atoms. The van der Waals surface area contributed by atoms with E-state index < -0.39 is 0 Å². The molecule has 0 radical (unpaired) electrons. The molecule has 1 N–H and O–H groups in total. The number of hydrogen-bond donors (Lipinski definition) is 1. The summed E-state index contributed by atoms with van der Waals surface area (Å²) in [5, 5.41) is 3.09. The van der Waals surface area contributed by atoms with Crippen molar-refractivity contribution in [2.45, 2.75) is 26.8 Å². The zero-order chi connectivity index (χ0) is 15.2. The molecule has 5 heteroatoms. The number of nitrogens with one attached hydrogen (secondary N) is 1. The Labute approximate surface area is 124 Å². The van der Waals surface area contributed by atoms with E-state index in [4.69, 9.17) is 4.74 Å². The van der Waals surface area contributed by atoms with E-state index in [0.717, 1.165) is 29.9 Å². The van der Waals surface area contributed by atoms with Crippen LogP contribution in [0.25, 0.3) is 0 Å². The predicted molar refractivity (Wildman–Crippen MR) is 83.8 cm³/mol. The second-order valence-electron chi connectivity index (χ2n) is 4.98. The van der Waals surface area contributed by atoms with Gasteiger partial charge in [-0.2, -0.15) is 0 Å². The van der Waals surface area contributed by atoms with Crippen LogP contribution in [0.15, 0.2) is 35.4 Å². The van der Waals surface area contributed by atoms with Gasteiger partial charge >= 0.3 is 0 Å². The maximum Gasteiger partial charge on any atom is 0.293 e.